The summed E-state index contributed by atoms with van der Waals surface area (Å²) in [5, 5.41) is 7.17. The van der Waals surface area contributed by atoms with Gasteiger partial charge in [-0.05, 0) is 18.2 Å². The highest BCUT2D eigenvalue weighted by Crippen LogP contribution is 2.15. The van der Waals surface area contributed by atoms with Gasteiger partial charge in [-0.25, -0.2) is 4.98 Å². The predicted octanol–water partition coefficient (Wildman–Crippen LogP) is 0.151. The third-order valence-electron chi connectivity index (χ3n) is 2.77. The topological polar surface area (TPSA) is 112 Å². The fourth-order valence-corrected chi connectivity index (χ4v) is 1.70. The van der Waals surface area contributed by atoms with Gasteiger partial charge in [0.1, 0.15) is 11.5 Å². The first-order valence-corrected chi connectivity index (χ1v) is 5.85. The zero-order valence-electron chi connectivity index (χ0n) is 10.6. The second-order valence-corrected chi connectivity index (χ2v) is 4.12. The van der Waals surface area contributed by atoms with E-state index in [1.54, 1.807) is 16.9 Å². The summed E-state index contributed by atoms with van der Waals surface area (Å²) in [6, 6.07) is 5.06. The third-order valence-corrected chi connectivity index (χ3v) is 2.77. The van der Waals surface area contributed by atoms with E-state index < -0.39 is 5.91 Å². The van der Waals surface area contributed by atoms with Crippen molar-refractivity contribution in [1.82, 2.24) is 14.8 Å². The molecule has 2 rings (SSSR count). The van der Waals surface area contributed by atoms with Crippen molar-refractivity contribution >= 4 is 17.4 Å². The van der Waals surface area contributed by atoms with Crippen molar-refractivity contribution in [2.75, 3.05) is 17.6 Å². The summed E-state index contributed by atoms with van der Waals surface area (Å²) in [6.07, 6.45) is 2.52. The number of pyridine rings is 1. The minimum atomic E-state index is -0.574. The lowest BCUT2D eigenvalue weighted by Crippen LogP contribution is -2.16. The Kier molecular flexibility index (Phi) is 3.65. The molecule has 19 heavy (non-hydrogen) atoms. The van der Waals surface area contributed by atoms with Gasteiger partial charge in [-0.1, -0.05) is 0 Å². The van der Waals surface area contributed by atoms with Crippen LogP contribution in [0.3, 0.4) is 0 Å². The number of hydrogen-bond donors (Lipinski definition) is 3. The van der Waals surface area contributed by atoms with Crippen molar-refractivity contribution in [2.45, 2.75) is 6.42 Å². The Morgan fingerprint density at radius 2 is 2.21 bits per heavy atom. The average molecular weight is 260 g/mol. The minimum Gasteiger partial charge on any atom is -0.396 e. The molecule has 7 nitrogen and oxygen atoms in total. The smallest absolute Gasteiger partial charge is 0.267 e. The number of rotatable bonds is 5. The summed E-state index contributed by atoms with van der Waals surface area (Å²) in [5.74, 6) is -0.104. The number of nitrogen functional groups attached to an aromatic ring is 1. The van der Waals surface area contributed by atoms with E-state index in [1.165, 1.54) is 6.07 Å². The van der Waals surface area contributed by atoms with Gasteiger partial charge in [0.25, 0.3) is 5.91 Å². The van der Waals surface area contributed by atoms with Crippen LogP contribution in [-0.4, -0.2) is 27.2 Å². The molecule has 0 atom stereocenters. The molecule has 0 fully saturated rings. The van der Waals surface area contributed by atoms with E-state index in [2.05, 4.69) is 15.4 Å². The first-order valence-electron chi connectivity index (χ1n) is 5.85. The molecule has 2 aromatic rings. The van der Waals surface area contributed by atoms with Crippen LogP contribution >= 0.6 is 0 Å². The highest BCUT2D eigenvalue weighted by molar-refractivity contribution is 5.91. The van der Waals surface area contributed by atoms with Gasteiger partial charge in [0.15, 0.2) is 0 Å². The average Bonchev–Trinajstić information content (AvgIpc) is 2.77. The molecular formula is C12H16N6O. The highest BCUT2D eigenvalue weighted by atomic mass is 16.1. The van der Waals surface area contributed by atoms with Gasteiger partial charge in [0.05, 0.1) is 5.69 Å². The summed E-state index contributed by atoms with van der Waals surface area (Å²) in [5.41, 5.74) is 12.7. The number of aromatic nitrogens is 3. The Morgan fingerprint density at radius 1 is 1.42 bits per heavy atom. The SMILES string of the molecule is Cn1nccc1CCNc1nc(C(N)=O)ccc1N. The number of nitrogens with one attached hydrogen (secondary N) is 1. The van der Waals surface area contributed by atoms with Gasteiger partial charge in [-0.3, -0.25) is 9.48 Å². The van der Waals surface area contributed by atoms with Gasteiger partial charge in [0.2, 0.25) is 0 Å². The molecule has 0 bridgehead atoms. The third kappa shape index (κ3) is 3.01. The van der Waals surface area contributed by atoms with Crippen LogP contribution in [0.15, 0.2) is 24.4 Å². The van der Waals surface area contributed by atoms with Crippen LogP contribution in [-0.2, 0) is 13.5 Å². The lowest BCUT2D eigenvalue weighted by Gasteiger charge is -2.09. The second-order valence-electron chi connectivity index (χ2n) is 4.12. The normalized spacial score (nSPS) is 10.4. The van der Waals surface area contributed by atoms with E-state index in [0.29, 0.717) is 18.1 Å². The van der Waals surface area contributed by atoms with Gasteiger partial charge >= 0.3 is 0 Å². The number of aryl methyl sites for hydroxylation is 1. The van der Waals surface area contributed by atoms with Crippen molar-refractivity contribution in [3.8, 4) is 0 Å². The summed E-state index contributed by atoms with van der Waals surface area (Å²) in [4.78, 5) is 15.1. The molecule has 7 heteroatoms. The van der Waals surface area contributed by atoms with Crippen LogP contribution in [0.2, 0.25) is 0 Å². The number of amides is 1. The van der Waals surface area contributed by atoms with Crippen LogP contribution in [0.1, 0.15) is 16.2 Å². The molecule has 0 saturated carbocycles. The van der Waals surface area contributed by atoms with Gasteiger partial charge < -0.3 is 16.8 Å². The fraction of sp³-hybridized carbons (Fsp3) is 0.250. The highest BCUT2D eigenvalue weighted by Gasteiger charge is 2.07. The predicted molar refractivity (Wildman–Crippen MR) is 72.6 cm³/mol. The number of carbonyl (C=O) groups is 1. The zero-order chi connectivity index (χ0) is 13.8. The van der Waals surface area contributed by atoms with E-state index in [1.807, 2.05) is 13.1 Å². The lowest BCUT2D eigenvalue weighted by atomic mass is 10.3. The zero-order valence-corrected chi connectivity index (χ0v) is 10.6. The van der Waals surface area contributed by atoms with E-state index in [4.69, 9.17) is 11.5 Å². The summed E-state index contributed by atoms with van der Waals surface area (Å²) < 4.78 is 1.80. The lowest BCUT2D eigenvalue weighted by molar-refractivity contribution is 0.0996. The number of hydrogen-bond acceptors (Lipinski definition) is 5. The van der Waals surface area contributed by atoms with E-state index in [9.17, 15) is 4.79 Å². The Hall–Kier alpha value is -2.57. The Bertz CT molecular complexity index is 592. The van der Waals surface area contributed by atoms with Crippen LogP contribution in [0.4, 0.5) is 11.5 Å². The molecule has 0 aliphatic heterocycles. The molecular weight excluding hydrogens is 244 g/mol. The second kappa shape index (κ2) is 5.38. The van der Waals surface area contributed by atoms with E-state index in [-0.39, 0.29) is 5.69 Å². The molecule has 0 aromatic carbocycles. The molecule has 1 amide bonds. The maximum Gasteiger partial charge on any atom is 0.267 e. The van der Waals surface area contributed by atoms with Crippen molar-refractivity contribution in [1.29, 1.82) is 0 Å². The molecule has 2 aromatic heterocycles. The molecule has 0 saturated heterocycles. The van der Waals surface area contributed by atoms with Gasteiger partial charge in [-0.15, -0.1) is 0 Å². The fourth-order valence-electron chi connectivity index (χ4n) is 1.70. The van der Waals surface area contributed by atoms with Crippen molar-refractivity contribution in [2.24, 2.45) is 12.8 Å². The number of carbonyl (C=O) groups excluding carboxylic acids is 1. The number of nitrogens with zero attached hydrogens (tertiary/aromatic N) is 3. The summed E-state index contributed by atoms with van der Waals surface area (Å²) in [6.45, 7) is 0.638. The Morgan fingerprint density at radius 3 is 2.84 bits per heavy atom. The molecule has 5 N–H and O–H groups in total. The molecule has 0 spiro atoms. The first kappa shape index (κ1) is 12.9. The first-order chi connectivity index (χ1) is 9.08. The standard InChI is InChI=1S/C12H16N6O/c1-18-8(5-7-16-18)4-6-15-12-9(13)2-3-10(17-12)11(14)19/h2-3,5,7H,4,6,13H2,1H3,(H2,14,19)(H,15,17). The molecule has 0 aliphatic rings. The molecule has 0 radical (unpaired) electrons. The van der Waals surface area contributed by atoms with Crippen molar-refractivity contribution < 1.29 is 4.79 Å². The van der Waals surface area contributed by atoms with E-state index >= 15 is 0 Å². The van der Waals surface area contributed by atoms with Crippen molar-refractivity contribution in [3.05, 3.63) is 35.8 Å². The minimum absolute atomic E-state index is 0.192. The molecule has 100 valence electrons. The number of anilines is 2. The Labute approximate surface area is 110 Å². The van der Waals surface area contributed by atoms with E-state index in [0.717, 1.165) is 12.1 Å². The molecule has 2 heterocycles. The summed E-state index contributed by atoms with van der Waals surface area (Å²) >= 11 is 0. The largest absolute Gasteiger partial charge is 0.396 e. The van der Waals surface area contributed by atoms with Crippen LogP contribution in [0.5, 0.6) is 0 Å². The van der Waals surface area contributed by atoms with Gasteiger partial charge in [0, 0.05) is 31.9 Å². The van der Waals surface area contributed by atoms with Crippen LogP contribution < -0.4 is 16.8 Å². The monoisotopic (exact) mass is 260 g/mol. The van der Waals surface area contributed by atoms with Gasteiger partial charge in [-0.2, -0.15) is 5.10 Å². The Balaban J connectivity index is 2.01. The number of primary amides is 1. The molecule has 0 unspecified atom stereocenters. The maximum atomic E-state index is 11.0. The molecule has 0 aliphatic carbocycles. The van der Waals surface area contributed by atoms with Crippen molar-refractivity contribution in [3.63, 3.8) is 0 Å². The quantitative estimate of drug-likeness (QED) is 0.708. The van der Waals surface area contributed by atoms with Crippen LogP contribution in [0.25, 0.3) is 0 Å². The maximum absolute atomic E-state index is 11.0. The van der Waals surface area contributed by atoms with Crippen LogP contribution in [0, 0.1) is 0 Å². The summed E-state index contributed by atoms with van der Waals surface area (Å²) in [7, 11) is 1.88. The number of nitrogens with two attached hydrogens (primary N) is 2.